The maximum absolute atomic E-state index is 11.8. The van der Waals surface area contributed by atoms with Crippen LogP contribution >= 0.6 is 0 Å². The molecule has 9 heteroatoms. The van der Waals surface area contributed by atoms with Crippen LogP contribution in [-0.4, -0.2) is 48.0 Å². The Morgan fingerprint density at radius 3 is 2.67 bits per heavy atom. The van der Waals surface area contributed by atoms with Crippen molar-refractivity contribution in [3.63, 3.8) is 0 Å². The first-order valence-electron chi connectivity index (χ1n) is 6.51. The van der Waals surface area contributed by atoms with Crippen LogP contribution in [-0.2, 0) is 4.79 Å². The van der Waals surface area contributed by atoms with E-state index in [-0.39, 0.29) is 29.8 Å². The second-order valence-electron chi connectivity index (χ2n) is 4.96. The fraction of sp³-hybridized carbons (Fsp3) is 0.583. The first kappa shape index (κ1) is 16.6. The van der Waals surface area contributed by atoms with Crippen molar-refractivity contribution in [1.82, 2.24) is 15.3 Å². The molecule has 0 aromatic carbocycles. The van der Waals surface area contributed by atoms with Crippen molar-refractivity contribution in [2.45, 2.75) is 13.8 Å². The predicted octanol–water partition coefficient (Wildman–Crippen LogP) is 0.635. The molecule has 0 aliphatic carbocycles. The number of anilines is 2. The van der Waals surface area contributed by atoms with Crippen LogP contribution in [0.25, 0.3) is 0 Å². The van der Waals surface area contributed by atoms with Gasteiger partial charge in [0.2, 0.25) is 17.5 Å². The lowest BCUT2D eigenvalue weighted by molar-refractivity contribution is -0.383. The van der Waals surface area contributed by atoms with Gasteiger partial charge < -0.3 is 15.5 Å². The van der Waals surface area contributed by atoms with E-state index in [1.807, 2.05) is 13.8 Å². The van der Waals surface area contributed by atoms with Crippen LogP contribution in [0, 0.1) is 16.0 Å². The molecule has 0 bridgehead atoms. The van der Waals surface area contributed by atoms with Gasteiger partial charge in [-0.3, -0.25) is 14.9 Å². The Morgan fingerprint density at radius 1 is 1.48 bits per heavy atom. The standard InChI is InChI=1S/C12H20N6O3/c1-8(2)5-14-9(19)6-17(4)12-10(18(20)21)11(13-3)15-7-16-12/h7-8H,5-6H2,1-4H3,(H,14,19)(H,13,15,16). The van der Waals surface area contributed by atoms with Crippen molar-refractivity contribution in [3.05, 3.63) is 16.4 Å². The number of nitrogens with zero attached hydrogens (tertiary/aromatic N) is 4. The van der Waals surface area contributed by atoms with Crippen LogP contribution in [0.1, 0.15) is 13.8 Å². The number of carbonyl (C=O) groups is 1. The maximum atomic E-state index is 11.8. The quantitative estimate of drug-likeness (QED) is 0.560. The molecule has 1 aromatic rings. The summed E-state index contributed by atoms with van der Waals surface area (Å²) in [5.74, 6) is 0.326. The van der Waals surface area contributed by atoms with Crippen LogP contribution in [0.5, 0.6) is 0 Å². The second-order valence-corrected chi connectivity index (χ2v) is 4.96. The molecule has 0 aliphatic rings. The molecule has 0 fully saturated rings. The smallest absolute Gasteiger partial charge is 0.353 e. The summed E-state index contributed by atoms with van der Waals surface area (Å²) in [6, 6.07) is 0. The average molecular weight is 296 g/mol. The fourth-order valence-corrected chi connectivity index (χ4v) is 1.66. The summed E-state index contributed by atoms with van der Waals surface area (Å²) < 4.78 is 0. The summed E-state index contributed by atoms with van der Waals surface area (Å²) in [6.45, 7) is 4.50. The van der Waals surface area contributed by atoms with Gasteiger partial charge in [0.1, 0.15) is 6.33 Å². The van der Waals surface area contributed by atoms with E-state index >= 15 is 0 Å². The summed E-state index contributed by atoms with van der Waals surface area (Å²) in [5, 5.41) is 16.6. The first-order valence-corrected chi connectivity index (χ1v) is 6.51. The molecule has 0 aliphatic heterocycles. The fourth-order valence-electron chi connectivity index (χ4n) is 1.66. The maximum Gasteiger partial charge on any atom is 0.353 e. The van der Waals surface area contributed by atoms with E-state index in [9.17, 15) is 14.9 Å². The third-order valence-corrected chi connectivity index (χ3v) is 2.67. The number of carbonyl (C=O) groups excluding carboxylic acids is 1. The number of rotatable bonds is 7. The summed E-state index contributed by atoms with van der Waals surface area (Å²) in [4.78, 5) is 31.5. The summed E-state index contributed by atoms with van der Waals surface area (Å²) in [5.41, 5.74) is -0.251. The third-order valence-electron chi connectivity index (χ3n) is 2.67. The number of nitrogens with one attached hydrogen (secondary N) is 2. The summed E-state index contributed by atoms with van der Waals surface area (Å²) in [7, 11) is 3.11. The molecule has 116 valence electrons. The molecule has 9 nitrogen and oxygen atoms in total. The molecule has 1 aromatic heterocycles. The molecule has 1 rings (SSSR count). The largest absolute Gasteiger partial charge is 0.367 e. The average Bonchev–Trinajstić information content (AvgIpc) is 2.43. The monoisotopic (exact) mass is 296 g/mol. The number of hydrogen-bond donors (Lipinski definition) is 2. The Labute approximate surface area is 122 Å². The molecule has 0 unspecified atom stereocenters. The van der Waals surface area contributed by atoms with Crippen LogP contribution in [0.3, 0.4) is 0 Å². The van der Waals surface area contributed by atoms with Crippen LogP contribution < -0.4 is 15.5 Å². The highest BCUT2D eigenvalue weighted by atomic mass is 16.6. The van der Waals surface area contributed by atoms with Crippen molar-refractivity contribution in [1.29, 1.82) is 0 Å². The number of likely N-dealkylation sites (N-methyl/N-ethyl adjacent to an activating group) is 1. The molecule has 1 amide bonds. The normalized spacial score (nSPS) is 10.3. The molecule has 0 spiro atoms. The Bertz CT molecular complexity index is 520. The minimum atomic E-state index is -0.566. The third kappa shape index (κ3) is 4.55. The molecule has 0 saturated carbocycles. The number of aromatic nitrogens is 2. The van der Waals surface area contributed by atoms with Gasteiger partial charge in [0.25, 0.3) is 0 Å². The molecular weight excluding hydrogens is 276 g/mol. The number of hydrogen-bond acceptors (Lipinski definition) is 7. The van der Waals surface area contributed by atoms with Gasteiger partial charge >= 0.3 is 5.69 Å². The van der Waals surface area contributed by atoms with E-state index in [4.69, 9.17) is 0 Å². The van der Waals surface area contributed by atoms with Crippen molar-refractivity contribution in [2.75, 3.05) is 37.4 Å². The zero-order valence-electron chi connectivity index (χ0n) is 12.6. The highest BCUT2D eigenvalue weighted by Crippen LogP contribution is 2.30. The highest BCUT2D eigenvalue weighted by Gasteiger charge is 2.25. The first-order chi connectivity index (χ1) is 9.86. The molecule has 0 atom stereocenters. The van der Waals surface area contributed by atoms with Gasteiger partial charge in [-0.15, -0.1) is 0 Å². The van der Waals surface area contributed by atoms with Crippen LogP contribution in [0.15, 0.2) is 6.33 Å². The van der Waals surface area contributed by atoms with Gasteiger partial charge in [-0.05, 0) is 5.92 Å². The Balaban J connectivity index is 2.89. The van der Waals surface area contributed by atoms with E-state index in [1.165, 1.54) is 18.3 Å². The molecule has 21 heavy (non-hydrogen) atoms. The van der Waals surface area contributed by atoms with E-state index in [1.54, 1.807) is 7.05 Å². The van der Waals surface area contributed by atoms with Gasteiger partial charge in [-0.25, -0.2) is 9.97 Å². The van der Waals surface area contributed by atoms with Crippen molar-refractivity contribution in [2.24, 2.45) is 5.92 Å². The zero-order chi connectivity index (χ0) is 16.0. The summed E-state index contributed by atoms with van der Waals surface area (Å²) >= 11 is 0. The zero-order valence-corrected chi connectivity index (χ0v) is 12.6. The lowest BCUT2D eigenvalue weighted by Crippen LogP contribution is -2.37. The SMILES string of the molecule is CNc1ncnc(N(C)CC(=O)NCC(C)C)c1[N+](=O)[O-]. The van der Waals surface area contributed by atoms with Crippen molar-refractivity contribution >= 4 is 23.2 Å². The predicted molar refractivity (Wildman–Crippen MR) is 79.4 cm³/mol. The Hall–Kier alpha value is -2.45. The van der Waals surface area contributed by atoms with Gasteiger partial charge in [-0.2, -0.15) is 0 Å². The lowest BCUT2D eigenvalue weighted by Gasteiger charge is -2.18. The molecule has 0 saturated heterocycles. The van der Waals surface area contributed by atoms with E-state index in [0.29, 0.717) is 12.5 Å². The van der Waals surface area contributed by atoms with Crippen molar-refractivity contribution in [3.8, 4) is 0 Å². The van der Waals surface area contributed by atoms with Crippen molar-refractivity contribution < 1.29 is 9.72 Å². The van der Waals surface area contributed by atoms with E-state index in [0.717, 1.165) is 0 Å². The van der Waals surface area contributed by atoms with Crippen LogP contribution in [0.4, 0.5) is 17.3 Å². The Morgan fingerprint density at radius 2 is 2.14 bits per heavy atom. The van der Waals surface area contributed by atoms with Gasteiger partial charge in [0.05, 0.1) is 11.5 Å². The second kappa shape index (κ2) is 7.36. The number of amides is 1. The van der Waals surface area contributed by atoms with E-state index < -0.39 is 4.92 Å². The minimum absolute atomic E-state index is 0.0201. The number of nitro groups is 1. The Kier molecular flexibility index (Phi) is 5.82. The van der Waals surface area contributed by atoms with Gasteiger partial charge in [0.15, 0.2) is 0 Å². The highest BCUT2D eigenvalue weighted by molar-refractivity contribution is 5.82. The van der Waals surface area contributed by atoms with E-state index in [2.05, 4.69) is 20.6 Å². The minimum Gasteiger partial charge on any atom is -0.367 e. The summed E-state index contributed by atoms with van der Waals surface area (Å²) in [6.07, 6.45) is 1.22. The molecule has 2 N–H and O–H groups in total. The molecule has 1 heterocycles. The molecule has 0 radical (unpaired) electrons. The van der Waals surface area contributed by atoms with Crippen LogP contribution in [0.2, 0.25) is 0 Å². The van der Waals surface area contributed by atoms with Gasteiger partial charge in [0, 0.05) is 20.6 Å². The molecular formula is C12H20N6O3. The topological polar surface area (TPSA) is 113 Å². The lowest BCUT2D eigenvalue weighted by atomic mass is 10.2. The van der Waals surface area contributed by atoms with Gasteiger partial charge in [-0.1, -0.05) is 13.8 Å².